The number of fused-ring (bicyclic) bond motifs is 1. The average Bonchev–Trinajstić information content (AvgIpc) is 3.48. The predicted octanol–water partition coefficient (Wildman–Crippen LogP) is 4.20. The van der Waals surface area contributed by atoms with Crippen molar-refractivity contribution in [3.8, 4) is 11.3 Å². The third-order valence-electron chi connectivity index (χ3n) is 6.43. The molecule has 198 valence electrons. The second kappa shape index (κ2) is 10.3. The molecule has 0 amide bonds. The van der Waals surface area contributed by atoms with E-state index < -0.39 is 29.4 Å². The lowest BCUT2D eigenvalue weighted by atomic mass is 9.96. The number of aromatic nitrogens is 1. The van der Waals surface area contributed by atoms with Crippen molar-refractivity contribution >= 4 is 29.4 Å². The number of carboxylic acids is 1. The van der Waals surface area contributed by atoms with Gasteiger partial charge in [0.2, 0.25) is 0 Å². The van der Waals surface area contributed by atoms with Crippen molar-refractivity contribution in [2.24, 2.45) is 4.99 Å². The SMILES string of the molecule is CCOC(=O)C1=C(C)N=c2sc(=Cc3ccc(-c4cccc(C(=O)O)c4C)o3)c(=O)n2[C@@H]1c1ccc(F)cc1. The van der Waals surface area contributed by atoms with Crippen LogP contribution in [0.4, 0.5) is 4.39 Å². The highest BCUT2D eigenvalue weighted by Crippen LogP contribution is 2.31. The van der Waals surface area contributed by atoms with Crippen LogP contribution in [0.3, 0.4) is 0 Å². The molecule has 5 rings (SSSR count). The molecule has 0 saturated heterocycles. The summed E-state index contributed by atoms with van der Waals surface area (Å²) in [5, 5.41) is 9.43. The lowest BCUT2D eigenvalue weighted by Crippen LogP contribution is -2.39. The Morgan fingerprint density at radius 1 is 1.15 bits per heavy atom. The van der Waals surface area contributed by atoms with Crippen molar-refractivity contribution in [3.63, 3.8) is 0 Å². The zero-order chi connectivity index (χ0) is 27.8. The van der Waals surface area contributed by atoms with Crippen LogP contribution in [-0.4, -0.2) is 28.2 Å². The van der Waals surface area contributed by atoms with Gasteiger partial charge in [-0.2, -0.15) is 0 Å². The number of ether oxygens (including phenoxy) is 1. The molecule has 0 fully saturated rings. The third kappa shape index (κ3) is 4.74. The molecule has 10 heteroatoms. The van der Waals surface area contributed by atoms with E-state index in [0.29, 0.717) is 43.2 Å². The quantitative estimate of drug-likeness (QED) is 0.363. The molecule has 2 aromatic carbocycles. The number of esters is 1. The maximum atomic E-state index is 13.7. The van der Waals surface area contributed by atoms with Gasteiger partial charge in [-0.25, -0.2) is 19.0 Å². The highest BCUT2D eigenvalue weighted by Gasteiger charge is 2.33. The van der Waals surface area contributed by atoms with Crippen LogP contribution in [0.2, 0.25) is 0 Å². The lowest BCUT2D eigenvalue weighted by Gasteiger charge is -2.24. The number of carbonyl (C=O) groups excluding carboxylic acids is 1. The average molecular weight is 547 g/mol. The van der Waals surface area contributed by atoms with Crippen molar-refractivity contribution in [3.05, 3.63) is 114 Å². The number of carbonyl (C=O) groups is 2. The molecule has 0 saturated carbocycles. The van der Waals surface area contributed by atoms with Crippen LogP contribution in [0.15, 0.2) is 80.1 Å². The summed E-state index contributed by atoms with van der Waals surface area (Å²) in [6, 6.07) is 13.1. The molecule has 0 bridgehead atoms. The normalized spacial score (nSPS) is 15.2. The number of aromatic carboxylic acids is 1. The Bertz CT molecular complexity index is 1830. The number of furan rings is 1. The molecule has 1 aliphatic heterocycles. The zero-order valence-electron chi connectivity index (χ0n) is 21.2. The van der Waals surface area contributed by atoms with Gasteiger partial charge in [-0.1, -0.05) is 35.6 Å². The van der Waals surface area contributed by atoms with E-state index in [-0.39, 0.29) is 17.7 Å². The molecule has 4 aromatic rings. The lowest BCUT2D eigenvalue weighted by molar-refractivity contribution is -0.139. The van der Waals surface area contributed by atoms with Crippen LogP contribution in [0.1, 0.15) is 47.1 Å². The molecular weight excluding hydrogens is 523 g/mol. The summed E-state index contributed by atoms with van der Waals surface area (Å²) in [6.07, 6.45) is 1.58. The third-order valence-corrected chi connectivity index (χ3v) is 7.42. The summed E-state index contributed by atoms with van der Waals surface area (Å²) in [5.74, 6) is -1.23. The van der Waals surface area contributed by atoms with Crippen LogP contribution in [0.25, 0.3) is 17.4 Å². The van der Waals surface area contributed by atoms with Crippen molar-refractivity contribution in [2.45, 2.75) is 26.8 Å². The number of benzene rings is 2. The van der Waals surface area contributed by atoms with Gasteiger partial charge in [0.1, 0.15) is 17.3 Å². The van der Waals surface area contributed by atoms with Gasteiger partial charge in [0.25, 0.3) is 5.56 Å². The number of rotatable bonds is 6. The first kappa shape index (κ1) is 26.1. The zero-order valence-corrected chi connectivity index (χ0v) is 22.0. The van der Waals surface area contributed by atoms with Gasteiger partial charge in [0.05, 0.1) is 34.0 Å². The number of hydrogen-bond donors (Lipinski definition) is 1. The fourth-order valence-corrected chi connectivity index (χ4v) is 5.62. The molecule has 1 N–H and O–H groups in total. The highest BCUT2D eigenvalue weighted by atomic mass is 32.1. The Labute approximate surface area is 225 Å². The number of hydrogen-bond acceptors (Lipinski definition) is 7. The predicted molar refractivity (Wildman–Crippen MR) is 143 cm³/mol. The Balaban J connectivity index is 1.63. The Morgan fingerprint density at radius 3 is 2.59 bits per heavy atom. The van der Waals surface area contributed by atoms with E-state index in [4.69, 9.17) is 9.15 Å². The van der Waals surface area contributed by atoms with Gasteiger partial charge in [-0.3, -0.25) is 9.36 Å². The van der Waals surface area contributed by atoms with E-state index in [1.54, 1.807) is 51.1 Å². The van der Waals surface area contributed by atoms with E-state index in [1.807, 2.05) is 0 Å². The summed E-state index contributed by atoms with van der Waals surface area (Å²) in [7, 11) is 0. The largest absolute Gasteiger partial charge is 0.478 e. The van der Waals surface area contributed by atoms with Gasteiger partial charge >= 0.3 is 11.9 Å². The summed E-state index contributed by atoms with van der Waals surface area (Å²) in [5.41, 5.74) is 2.11. The van der Waals surface area contributed by atoms with Crippen LogP contribution < -0.4 is 14.9 Å². The van der Waals surface area contributed by atoms with E-state index in [9.17, 15) is 23.9 Å². The summed E-state index contributed by atoms with van der Waals surface area (Å²) in [4.78, 5) is 43.0. The van der Waals surface area contributed by atoms with Crippen LogP contribution in [-0.2, 0) is 9.53 Å². The smallest absolute Gasteiger partial charge is 0.338 e. The monoisotopic (exact) mass is 546 g/mol. The van der Waals surface area contributed by atoms with Crippen LogP contribution in [0.5, 0.6) is 0 Å². The number of carboxylic acid groups (broad SMARTS) is 1. The first-order valence-corrected chi connectivity index (χ1v) is 12.9. The number of thiazole rings is 1. The molecule has 2 aromatic heterocycles. The Kier molecular flexibility index (Phi) is 6.88. The molecule has 8 nitrogen and oxygen atoms in total. The van der Waals surface area contributed by atoms with Gasteiger partial charge in [0.15, 0.2) is 4.80 Å². The molecule has 0 spiro atoms. The topological polar surface area (TPSA) is 111 Å². The maximum absolute atomic E-state index is 13.7. The van der Waals surface area contributed by atoms with Gasteiger partial charge in [0, 0.05) is 11.6 Å². The van der Waals surface area contributed by atoms with Crippen molar-refractivity contribution in [1.82, 2.24) is 4.57 Å². The van der Waals surface area contributed by atoms with Crippen LogP contribution in [0, 0.1) is 12.7 Å². The minimum atomic E-state index is -1.03. The fraction of sp³-hybridized carbons (Fsp3) is 0.172. The molecule has 0 unspecified atom stereocenters. The molecule has 0 radical (unpaired) electrons. The Hall–Kier alpha value is -4.57. The first-order chi connectivity index (χ1) is 18.7. The second-order valence-corrected chi connectivity index (χ2v) is 9.85. The Morgan fingerprint density at radius 2 is 1.90 bits per heavy atom. The minimum absolute atomic E-state index is 0.145. The standard InChI is InChI=1S/C29H23FN2O6S/c1-4-37-28(36)24-16(3)31-29-32(25(24)17-8-10-18(30)11-9-17)26(33)23(39-29)14-19-12-13-22(38-19)20-6-5-7-21(15(20)2)27(34)35/h5-14,25H,4H2,1-3H3,(H,34,35)/t25-/m1/s1. The van der Waals surface area contributed by atoms with Gasteiger partial charge in [-0.05, 0) is 62.2 Å². The van der Waals surface area contributed by atoms with E-state index in [2.05, 4.69) is 4.99 Å². The first-order valence-electron chi connectivity index (χ1n) is 12.1. The second-order valence-electron chi connectivity index (χ2n) is 8.84. The number of nitrogens with zero attached hydrogens (tertiary/aromatic N) is 2. The molecule has 1 atom stereocenters. The van der Waals surface area contributed by atoms with Crippen molar-refractivity contribution in [1.29, 1.82) is 0 Å². The summed E-state index contributed by atoms with van der Waals surface area (Å²) >= 11 is 1.13. The van der Waals surface area contributed by atoms with Gasteiger partial charge in [-0.15, -0.1) is 0 Å². The molecular formula is C29H23FN2O6S. The number of halogens is 1. The highest BCUT2D eigenvalue weighted by molar-refractivity contribution is 7.07. The van der Waals surface area contributed by atoms with Gasteiger partial charge < -0.3 is 14.3 Å². The molecule has 0 aliphatic carbocycles. The van der Waals surface area contributed by atoms with Crippen molar-refractivity contribution < 1.29 is 28.2 Å². The minimum Gasteiger partial charge on any atom is -0.478 e. The van der Waals surface area contributed by atoms with E-state index in [0.717, 1.165) is 11.3 Å². The molecule has 3 heterocycles. The summed E-state index contributed by atoms with van der Waals surface area (Å²) < 4.78 is 26.7. The van der Waals surface area contributed by atoms with E-state index in [1.165, 1.54) is 34.9 Å². The molecule has 39 heavy (non-hydrogen) atoms. The van der Waals surface area contributed by atoms with Crippen LogP contribution >= 0.6 is 11.3 Å². The fourth-order valence-electron chi connectivity index (χ4n) is 4.59. The maximum Gasteiger partial charge on any atom is 0.338 e. The van der Waals surface area contributed by atoms with E-state index >= 15 is 0 Å². The number of allylic oxidation sites excluding steroid dienone is 1. The molecule has 1 aliphatic rings. The van der Waals surface area contributed by atoms with Crippen molar-refractivity contribution in [2.75, 3.05) is 6.61 Å². The summed E-state index contributed by atoms with van der Waals surface area (Å²) in [6.45, 7) is 5.21.